The van der Waals surface area contributed by atoms with Crippen molar-refractivity contribution in [3.63, 3.8) is 0 Å². The summed E-state index contributed by atoms with van der Waals surface area (Å²) in [5.74, 6) is -2.24. The molecule has 0 radical (unpaired) electrons. The second kappa shape index (κ2) is 4.72. The first kappa shape index (κ1) is 12.5. The van der Waals surface area contributed by atoms with Crippen LogP contribution in [0.3, 0.4) is 0 Å². The second-order valence-corrected chi connectivity index (χ2v) is 4.48. The van der Waals surface area contributed by atoms with Gasteiger partial charge in [0.1, 0.15) is 0 Å². The molecule has 1 saturated carbocycles. The third-order valence-electron chi connectivity index (χ3n) is 3.37. The van der Waals surface area contributed by atoms with Crippen LogP contribution in [0.1, 0.15) is 29.6 Å². The molecule has 1 aromatic rings. The van der Waals surface area contributed by atoms with Crippen molar-refractivity contribution in [2.24, 2.45) is 5.41 Å². The maximum absolute atomic E-state index is 13.3. The van der Waals surface area contributed by atoms with Gasteiger partial charge in [-0.2, -0.15) is 0 Å². The number of carboxylic acids is 1. The molecule has 0 aliphatic heterocycles. The van der Waals surface area contributed by atoms with Gasteiger partial charge < -0.3 is 10.4 Å². The lowest BCUT2D eigenvalue weighted by Gasteiger charge is -2.37. The summed E-state index contributed by atoms with van der Waals surface area (Å²) in [6.07, 6.45) is 4.19. The normalized spacial score (nSPS) is 16.7. The number of hydrogen-bond acceptors (Lipinski definition) is 3. The van der Waals surface area contributed by atoms with Crippen LogP contribution < -0.4 is 5.32 Å². The number of carboxylic acid groups (broad SMARTS) is 1. The van der Waals surface area contributed by atoms with Gasteiger partial charge in [0.2, 0.25) is 0 Å². The Labute approximate surface area is 103 Å². The number of amides is 1. The zero-order chi connectivity index (χ0) is 13.2. The maximum Gasteiger partial charge on any atom is 0.311 e. The molecule has 5 nitrogen and oxygen atoms in total. The number of hydrogen-bond donors (Lipinski definition) is 2. The zero-order valence-corrected chi connectivity index (χ0v) is 9.65. The summed E-state index contributed by atoms with van der Waals surface area (Å²) in [6.45, 7) is 0.0307. The van der Waals surface area contributed by atoms with Gasteiger partial charge in [-0.1, -0.05) is 6.42 Å². The van der Waals surface area contributed by atoms with Gasteiger partial charge in [-0.3, -0.25) is 14.6 Å². The molecule has 6 heteroatoms. The number of carbonyl (C=O) groups is 2. The topological polar surface area (TPSA) is 79.3 Å². The third kappa shape index (κ3) is 2.18. The highest BCUT2D eigenvalue weighted by Gasteiger charge is 2.44. The quantitative estimate of drug-likeness (QED) is 0.844. The Morgan fingerprint density at radius 1 is 1.50 bits per heavy atom. The first-order chi connectivity index (χ1) is 8.55. The van der Waals surface area contributed by atoms with Crippen molar-refractivity contribution in [1.82, 2.24) is 10.3 Å². The van der Waals surface area contributed by atoms with E-state index in [2.05, 4.69) is 10.3 Å². The number of aromatic nitrogens is 1. The van der Waals surface area contributed by atoms with E-state index in [0.29, 0.717) is 12.8 Å². The van der Waals surface area contributed by atoms with Gasteiger partial charge in [0.25, 0.3) is 5.91 Å². The number of carbonyl (C=O) groups excluding carboxylic acids is 1. The summed E-state index contributed by atoms with van der Waals surface area (Å²) in [6, 6.07) is 1.26. The largest absolute Gasteiger partial charge is 0.481 e. The third-order valence-corrected chi connectivity index (χ3v) is 3.37. The number of pyridine rings is 1. The van der Waals surface area contributed by atoms with E-state index >= 15 is 0 Å². The molecule has 1 fully saturated rings. The number of nitrogens with zero attached hydrogens (tertiary/aromatic N) is 1. The highest BCUT2D eigenvalue weighted by atomic mass is 19.1. The van der Waals surface area contributed by atoms with Gasteiger partial charge in [-0.05, 0) is 18.9 Å². The van der Waals surface area contributed by atoms with Crippen molar-refractivity contribution >= 4 is 11.9 Å². The van der Waals surface area contributed by atoms with Crippen molar-refractivity contribution < 1.29 is 19.1 Å². The molecule has 1 heterocycles. The summed E-state index contributed by atoms with van der Waals surface area (Å²) in [7, 11) is 0. The van der Waals surface area contributed by atoms with E-state index in [0.717, 1.165) is 12.6 Å². The molecule has 2 rings (SSSR count). The Hall–Kier alpha value is -1.98. The molecular weight excluding hydrogens is 239 g/mol. The van der Waals surface area contributed by atoms with Crippen LogP contribution in [0.2, 0.25) is 0 Å². The Bertz CT molecular complexity index is 486. The minimum absolute atomic E-state index is 0.0307. The van der Waals surface area contributed by atoms with Gasteiger partial charge in [0.15, 0.2) is 5.82 Å². The van der Waals surface area contributed by atoms with Gasteiger partial charge in [0, 0.05) is 12.7 Å². The van der Waals surface area contributed by atoms with Crippen LogP contribution in [0.4, 0.5) is 4.39 Å². The van der Waals surface area contributed by atoms with Crippen LogP contribution in [-0.2, 0) is 4.79 Å². The zero-order valence-electron chi connectivity index (χ0n) is 9.65. The van der Waals surface area contributed by atoms with Gasteiger partial charge in [-0.15, -0.1) is 0 Å². The molecule has 1 aliphatic rings. The minimum Gasteiger partial charge on any atom is -0.481 e. The molecule has 1 amide bonds. The van der Waals surface area contributed by atoms with Crippen molar-refractivity contribution in [3.8, 4) is 0 Å². The average Bonchev–Trinajstić information content (AvgIpc) is 2.27. The van der Waals surface area contributed by atoms with E-state index in [9.17, 15) is 14.0 Å². The molecule has 1 aliphatic carbocycles. The molecule has 96 valence electrons. The Morgan fingerprint density at radius 3 is 2.72 bits per heavy atom. The van der Waals surface area contributed by atoms with Gasteiger partial charge >= 0.3 is 5.97 Å². The fourth-order valence-electron chi connectivity index (χ4n) is 1.97. The smallest absolute Gasteiger partial charge is 0.311 e. The maximum atomic E-state index is 13.3. The highest BCUT2D eigenvalue weighted by molar-refractivity contribution is 5.94. The molecule has 0 unspecified atom stereocenters. The van der Waals surface area contributed by atoms with E-state index in [1.807, 2.05) is 0 Å². The van der Waals surface area contributed by atoms with Crippen LogP contribution in [-0.4, -0.2) is 28.5 Å². The van der Waals surface area contributed by atoms with E-state index in [4.69, 9.17) is 5.11 Å². The second-order valence-electron chi connectivity index (χ2n) is 4.48. The fourth-order valence-corrected chi connectivity index (χ4v) is 1.97. The molecule has 0 atom stereocenters. The Kier molecular flexibility index (Phi) is 3.27. The summed E-state index contributed by atoms with van der Waals surface area (Å²) in [4.78, 5) is 26.3. The van der Waals surface area contributed by atoms with Crippen molar-refractivity contribution in [2.45, 2.75) is 19.3 Å². The molecule has 1 aromatic heterocycles. The van der Waals surface area contributed by atoms with Crippen molar-refractivity contribution in [3.05, 3.63) is 29.8 Å². The van der Waals surface area contributed by atoms with Crippen molar-refractivity contribution in [2.75, 3.05) is 6.54 Å². The molecule has 18 heavy (non-hydrogen) atoms. The van der Waals surface area contributed by atoms with Crippen LogP contribution >= 0.6 is 0 Å². The van der Waals surface area contributed by atoms with E-state index in [1.165, 1.54) is 12.3 Å². The average molecular weight is 252 g/mol. The number of halogens is 1. The Balaban J connectivity index is 2.01. The molecule has 0 bridgehead atoms. The predicted octanol–water partition coefficient (Wildman–Crippen LogP) is 1.21. The monoisotopic (exact) mass is 252 g/mol. The van der Waals surface area contributed by atoms with E-state index in [-0.39, 0.29) is 12.1 Å². The van der Waals surface area contributed by atoms with Crippen LogP contribution in [0.5, 0.6) is 0 Å². The highest BCUT2D eigenvalue weighted by Crippen LogP contribution is 2.40. The number of nitrogens with one attached hydrogen (secondary N) is 1. The number of rotatable bonds is 4. The van der Waals surface area contributed by atoms with Crippen molar-refractivity contribution in [1.29, 1.82) is 0 Å². The lowest BCUT2D eigenvalue weighted by atomic mass is 9.69. The summed E-state index contributed by atoms with van der Waals surface area (Å²) >= 11 is 0. The fraction of sp³-hybridized carbons (Fsp3) is 0.417. The molecule has 2 N–H and O–H groups in total. The first-order valence-electron chi connectivity index (χ1n) is 5.66. The lowest BCUT2D eigenvalue weighted by molar-refractivity contribution is -0.153. The molecular formula is C12H13FN2O3. The first-order valence-corrected chi connectivity index (χ1v) is 5.66. The summed E-state index contributed by atoms with van der Waals surface area (Å²) in [5.41, 5.74) is -0.996. The standard InChI is InChI=1S/C12H13FN2O3/c13-9-6-14-5-2-8(9)10(16)15-7-12(11(17)18)3-1-4-12/h2,5-6H,1,3-4,7H2,(H,15,16)(H,17,18). The number of aliphatic carboxylic acids is 1. The predicted molar refractivity (Wildman–Crippen MR) is 60.4 cm³/mol. The molecule has 0 spiro atoms. The molecule has 0 aromatic carbocycles. The molecule has 0 saturated heterocycles. The lowest BCUT2D eigenvalue weighted by Crippen LogP contribution is -2.47. The van der Waals surface area contributed by atoms with Crippen LogP contribution in [0.25, 0.3) is 0 Å². The Morgan fingerprint density at radius 2 is 2.22 bits per heavy atom. The van der Waals surface area contributed by atoms with Gasteiger partial charge in [0.05, 0.1) is 17.2 Å². The summed E-state index contributed by atoms with van der Waals surface area (Å²) in [5, 5.41) is 11.6. The minimum atomic E-state index is -0.913. The SMILES string of the molecule is O=C(NCC1(C(=O)O)CCC1)c1ccncc1F. The van der Waals surface area contributed by atoms with Gasteiger partial charge in [-0.25, -0.2) is 4.39 Å². The van der Waals surface area contributed by atoms with Crippen LogP contribution in [0, 0.1) is 11.2 Å². The van der Waals surface area contributed by atoms with E-state index in [1.54, 1.807) is 0 Å². The van der Waals surface area contributed by atoms with E-state index < -0.39 is 23.1 Å². The van der Waals surface area contributed by atoms with Crippen LogP contribution in [0.15, 0.2) is 18.5 Å². The summed E-state index contributed by atoms with van der Waals surface area (Å²) < 4.78 is 13.3.